The van der Waals surface area contributed by atoms with Crippen LogP contribution in [0.2, 0.25) is 0 Å². The molecule has 9 heteroatoms. The number of rotatable bonds is 10. The monoisotopic (exact) mass is 675 g/mol. The van der Waals surface area contributed by atoms with Crippen LogP contribution >= 0.6 is 0 Å². The third-order valence-corrected chi connectivity index (χ3v) is 13.2. The first-order valence-corrected chi connectivity index (χ1v) is 18.1. The van der Waals surface area contributed by atoms with Gasteiger partial charge in [-0.25, -0.2) is 0 Å². The molecule has 1 saturated heterocycles. The van der Waals surface area contributed by atoms with Crippen LogP contribution in [-0.2, 0) is 34.1 Å². The molecule has 1 aromatic carbocycles. The van der Waals surface area contributed by atoms with E-state index in [1.54, 1.807) is 12.2 Å². The molecule has 3 N–H and O–H groups in total. The Morgan fingerprint density at radius 3 is 2.53 bits per heavy atom. The maximum Gasteiger partial charge on any atom is 0.306 e. The summed E-state index contributed by atoms with van der Waals surface area (Å²) in [7, 11) is 0. The summed E-state index contributed by atoms with van der Waals surface area (Å²) in [6, 6.07) is 10.3. The minimum Gasteiger partial charge on any atom is -0.458 e. The van der Waals surface area contributed by atoms with Gasteiger partial charge in [0.1, 0.15) is 5.60 Å². The van der Waals surface area contributed by atoms with Crippen LogP contribution in [-0.4, -0.2) is 70.7 Å². The zero-order chi connectivity index (χ0) is 35.2. The first kappa shape index (κ1) is 35.7. The second kappa shape index (κ2) is 13.2. The van der Waals surface area contributed by atoms with Crippen LogP contribution < -0.4 is 5.32 Å². The Kier molecular flexibility index (Phi) is 9.61. The van der Waals surface area contributed by atoms with Crippen molar-refractivity contribution in [1.29, 1.82) is 0 Å². The van der Waals surface area contributed by atoms with Gasteiger partial charge in [-0.05, 0) is 94.8 Å². The summed E-state index contributed by atoms with van der Waals surface area (Å²) in [6.07, 6.45) is 9.33. The van der Waals surface area contributed by atoms with Gasteiger partial charge in [0.05, 0.1) is 18.1 Å². The molecule has 5 aliphatic rings. The lowest BCUT2D eigenvalue weighted by Crippen LogP contribution is -2.61. The molecule has 1 heterocycles. The molecular formula is C40H53NO8. The van der Waals surface area contributed by atoms with Crippen molar-refractivity contribution in [2.45, 2.75) is 115 Å². The van der Waals surface area contributed by atoms with E-state index in [2.05, 4.69) is 38.2 Å². The highest BCUT2D eigenvalue weighted by Crippen LogP contribution is 2.67. The summed E-state index contributed by atoms with van der Waals surface area (Å²) in [5, 5.41) is 26.5. The maximum absolute atomic E-state index is 13.6. The Labute approximate surface area is 289 Å². The fourth-order valence-electron chi connectivity index (χ4n) is 10.7. The average Bonchev–Trinajstić information content (AvgIpc) is 3.33. The average molecular weight is 676 g/mol. The largest absolute Gasteiger partial charge is 0.458 e. The van der Waals surface area contributed by atoms with Crippen LogP contribution in [0.25, 0.3) is 0 Å². The number of Topliss-reactive ketones (excluding diaryl/α,β-unsaturated/α-hetero) is 1. The van der Waals surface area contributed by atoms with Gasteiger partial charge in [-0.15, -0.1) is 0 Å². The normalized spacial score (nSPS) is 37.7. The minimum absolute atomic E-state index is 0.00638. The van der Waals surface area contributed by atoms with Gasteiger partial charge in [0.2, 0.25) is 11.7 Å². The Morgan fingerprint density at radius 1 is 1.04 bits per heavy atom. The van der Waals surface area contributed by atoms with E-state index in [4.69, 9.17) is 9.47 Å². The van der Waals surface area contributed by atoms with E-state index in [0.717, 1.165) is 37.7 Å². The Balaban J connectivity index is 1.00. The molecule has 0 spiro atoms. The molecule has 8 atom stereocenters. The van der Waals surface area contributed by atoms with Gasteiger partial charge in [-0.3, -0.25) is 19.2 Å². The van der Waals surface area contributed by atoms with Gasteiger partial charge in [0, 0.05) is 41.7 Å². The summed E-state index contributed by atoms with van der Waals surface area (Å²) in [6.45, 7) is 8.71. The van der Waals surface area contributed by atoms with Crippen LogP contribution in [0.3, 0.4) is 0 Å². The summed E-state index contributed by atoms with van der Waals surface area (Å²) in [4.78, 5) is 51.1. The lowest BCUT2D eigenvalue weighted by molar-refractivity contribution is -0.181. The second-order valence-electron chi connectivity index (χ2n) is 16.5. The number of ketones is 2. The number of fused-ring (bicyclic) bond motifs is 5. The van der Waals surface area contributed by atoms with Gasteiger partial charge in [0.15, 0.2) is 12.4 Å². The van der Waals surface area contributed by atoms with Crippen LogP contribution in [0.5, 0.6) is 0 Å². The number of esters is 1. The highest BCUT2D eigenvalue weighted by atomic mass is 16.5. The zero-order valence-electron chi connectivity index (χ0n) is 29.5. The number of aliphatic hydroxyl groups excluding tert-OH is 1. The Hall–Kier alpha value is -3.14. The van der Waals surface area contributed by atoms with Gasteiger partial charge in [-0.1, -0.05) is 55.8 Å². The molecule has 4 fully saturated rings. The zero-order valence-corrected chi connectivity index (χ0v) is 29.5. The fraction of sp³-hybridized carbons (Fsp3) is 0.650. The molecule has 1 aromatic rings. The molecule has 0 bridgehead atoms. The van der Waals surface area contributed by atoms with E-state index in [1.165, 1.54) is 5.56 Å². The Morgan fingerprint density at radius 2 is 1.80 bits per heavy atom. The van der Waals surface area contributed by atoms with Gasteiger partial charge in [-0.2, -0.15) is 0 Å². The smallest absolute Gasteiger partial charge is 0.306 e. The number of hydrogen-bond donors (Lipinski definition) is 3. The molecule has 49 heavy (non-hydrogen) atoms. The molecule has 3 saturated carbocycles. The number of carbonyl (C=O) groups is 4. The molecule has 4 aliphatic carbocycles. The number of hydrogen-bond acceptors (Lipinski definition) is 8. The summed E-state index contributed by atoms with van der Waals surface area (Å²) < 4.78 is 11.3. The molecule has 1 amide bonds. The van der Waals surface area contributed by atoms with Crippen molar-refractivity contribution >= 4 is 23.4 Å². The summed E-state index contributed by atoms with van der Waals surface area (Å²) >= 11 is 0. The van der Waals surface area contributed by atoms with E-state index in [1.807, 2.05) is 31.2 Å². The highest BCUT2D eigenvalue weighted by Gasteiger charge is 2.68. The molecule has 6 rings (SSSR count). The molecule has 0 aromatic heterocycles. The van der Waals surface area contributed by atoms with E-state index in [0.29, 0.717) is 19.6 Å². The van der Waals surface area contributed by atoms with Crippen LogP contribution in [0.4, 0.5) is 0 Å². The lowest BCUT2D eigenvalue weighted by Gasteiger charge is -2.59. The van der Waals surface area contributed by atoms with E-state index in [-0.39, 0.29) is 66.1 Å². The summed E-state index contributed by atoms with van der Waals surface area (Å²) in [5.74, 6) is -1.53. The fourth-order valence-corrected chi connectivity index (χ4v) is 10.7. The molecule has 1 aliphatic heterocycles. The molecular weight excluding hydrogens is 622 g/mol. The van der Waals surface area contributed by atoms with Crippen molar-refractivity contribution in [3.05, 3.63) is 59.7 Å². The maximum atomic E-state index is 13.6. The number of benzene rings is 1. The van der Waals surface area contributed by atoms with Crippen molar-refractivity contribution in [3.63, 3.8) is 0 Å². The van der Waals surface area contributed by atoms with Crippen molar-refractivity contribution < 1.29 is 38.9 Å². The van der Waals surface area contributed by atoms with E-state index in [9.17, 15) is 29.4 Å². The second-order valence-corrected chi connectivity index (χ2v) is 16.5. The quantitative estimate of drug-likeness (QED) is 0.297. The molecule has 9 nitrogen and oxygen atoms in total. The number of aliphatic hydroxyl groups is 2. The number of carbonyl (C=O) groups excluding carboxylic acids is 4. The third kappa shape index (κ3) is 6.47. The van der Waals surface area contributed by atoms with Gasteiger partial charge < -0.3 is 25.0 Å². The van der Waals surface area contributed by atoms with Crippen LogP contribution in [0.1, 0.15) is 97.5 Å². The first-order chi connectivity index (χ1) is 23.1. The third-order valence-electron chi connectivity index (χ3n) is 13.2. The number of nitrogens with one attached hydrogen (secondary N) is 1. The van der Waals surface area contributed by atoms with Crippen molar-refractivity contribution in [3.8, 4) is 0 Å². The first-order valence-electron chi connectivity index (χ1n) is 18.1. The topological polar surface area (TPSA) is 139 Å². The van der Waals surface area contributed by atoms with E-state index < -0.39 is 40.9 Å². The molecule has 0 radical (unpaired) electrons. The van der Waals surface area contributed by atoms with E-state index >= 15 is 0 Å². The highest BCUT2D eigenvalue weighted by molar-refractivity contribution is 6.01. The Bertz CT molecular complexity index is 1530. The summed E-state index contributed by atoms with van der Waals surface area (Å²) in [5.41, 5.74) is -1.15. The molecule has 266 valence electrons. The van der Waals surface area contributed by atoms with Crippen molar-refractivity contribution in [2.75, 3.05) is 19.8 Å². The predicted molar refractivity (Wildman–Crippen MR) is 183 cm³/mol. The lowest BCUT2D eigenvalue weighted by atomic mass is 9.46. The van der Waals surface area contributed by atoms with Gasteiger partial charge in [0.25, 0.3) is 0 Å². The van der Waals surface area contributed by atoms with Gasteiger partial charge >= 0.3 is 5.97 Å². The van der Waals surface area contributed by atoms with Crippen LogP contribution in [0.15, 0.2) is 54.1 Å². The minimum atomic E-state index is -1.73. The number of amides is 1. The number of ether oxygens (including phenoxy) is 2. The van der Waals surface area contributed by atoms with Crippen molar-refractivity contribution in [2.24, 2.45) is 28.6 Å². The SMILES string of the molecule is CC1(C)C[C@@](CCNC(=O)CCC(=O)OCC(=O)[C@]2(O)CC[C@H]3[C@H]4CCC5=CC(=O)C=C[C@@]5(C)[C@H]4[C@@H](O)C[C@]32C)(c2ccccc2)CCO1. The number of allylic oxidation sites excluding steroid dienone is 4. The van der Waals surface area contributed by atoms with Crippen molar-refractivity contribution in [1.82, 2.24) is 5.32 Å². The predicted octanol–water partition coefficient (Wildman–Crippen LogP) is 4.92. The molecule has 0 unspecified atom stereocenters. The van der Waals surface area contributed by atoms with Crippen LogP contribution in [0, 0.1) is 28.6 Å². The standard InChI is InChI=1S/C40H53NO8/c1-36(2)25-39(19-21-49-36,26-8-6-5-7-9-26)18-20-41-33(45)12-13-34(46)48-24-32(44)40(47)17-15-30-29-11-10-27-22-28(42)14-16-37(27,3)35(29)31(43)23-38(30,40)4/h5-9,14,16,22,29-31,35,43,47H,10-13,15,17-21,23-25H2,1-4H3,(H,41,45)/t29-,30+,31+,35-,37-,38-,39+,40-/m1/s1.